The van der Waals surface area contributed by atoms with E-state index in [1.165, 1.54) is 0 Å². The average molecular weight is 261 g/mol. The Bertz CT molecular complexity index is 519. The lowest BCUT2D eigenvalue weighted by atomic mass is 10.1. The number of anilines is 1. The second-order valence-electron chi connectivity index (χ2n) is 4.80. The molecular weight excluding hydrogens is 242 g/mol. The van der Waals surface area contributed by atoms with Gasteiger partial charge < -0.3 is 10.2 Å². The minimum atomic E-state index is -0.110. The molecule has 6 nitrogen and oxygen atoms in total. The first-order chi connectivity index (χ1) is 8.86. The maximum atomic E-state index is 11.7. The highest BCUT2D eigenvalue weighted by atomic mass is 16.2. The number of carbonyl (C=O) groups is 1. The van der Waals surface area contributed by atoms with Gasteiger partial charge in [-0.2, -0.15) is 10.4 Å². The third-order valence-electron chi connectivity index (χ3n) is 2.74. The van der Waals surface area contributed by atoms with E-state index < -0.39 is 0 Å². The fourth-order valence-electron chi connectivity index (χ4n) is 1.65. The van der Waals surface area contributed by atoms with Gasteiger partial charge in [-0.3, -0.25) is 4.79 Å². The number of aryl methyl sites for hydroxylation is 1. The summed E-state index contributed by atoms with van der Waals surface area (Å²) in [6, 6.07) is 2.21. The summed E-state index contributed by atoms with van der Waals surface area (Å²) in [5.41, 5.74) is 1.98. The van der Waals surface area contributed by atoms with Crippen LogP contribution in [0.2, 0.25) is 0 Å². The van der Waals surface area contributed by atoms with Gasteiger partial charge >= 0.3 is 0 Å². The predicted octanol–water partition coefficient (Wildman–Crippen LogP) is 0.926. The number of amides is 1. The van der Waals surface area contributed by atoms with E-state index in [0.717, 1.165) is 11.3 Å². The summed E-state index contributed by atoms with van der Waals surface area (Å²) >= 11 is 0. The Kier molecular flexibility index (Phi) is 4.81. The smallest absolute Gasteiger partial charge is 0.239 e. The molecule has 0 radical (unpaired) electrons. The van der Waals surface area contributed by atoms with Crippen molar-refractivity contribution >= 4 is 11.7 Å². The summed E-state index contributed by atoms with van der Waals surface area (Å²) < 4.78 is 0. The number of nitrogens with zero attached hydrogens (tertiary/aromatic N) is 4. The molecule has 19 heavy (non-hydrogen) atoms. The number of nitrogens with one attached hydrogen (secondary N) is 1. The SMILES string of the molecule is Cc1nnc(N(C)CC(=O)NC(C)C)c(C#N)c1C. The normalized spacial score (nSPS) is 10.2. The van der Waals surface area contributed by atoms with Crippen molar-refractivity contribution in [3.8, 4) is 6.07 Å². The first-order valence-corrected chi connectivity index (χ1v) is 6.11. The van der Waals surface area contributed by atoms with Gasteiger partial charge in [0.1, 0.15) is 11.6 Å². The van der Waals surface area contributed by atoms with Gasteiger partial charge in [0.25, 0.3) is 0 Å². The number of hydrogen-bond acceptors (Lipinski definition) is 5. The molecule has 0 fully saturated rings. The molecule has 1 aromatic rings. The molecule has 6 heteroatoms. The van der Waals surface area contributed by atoms with Gasteiger partial charge in [0.15, 0.2) is 5.82 Å². The number of likely N-dealkylation sites (N-methyl/N-ethyl adjacent to an activating group) is 1. The Morgan fingerprint density at radius 2 is 2.05 bits per heavy atom. The molecule has 0 aliphatic rings. The van der Waals surface area contributed by atoms with Crippen LogP contribution in [0.5, 0.6) is 0 Å². The molecule has 0 aliphatic heterocycles. The highest BCUT2D eigenvalue weighted by Gasteiger charge is 2.16. The number of carbonyl (C=O) groups excluding carboxylic acids is 1. The second-order valence-corrected chi connectivity index (χ2v) is 4.80. The van der Waals surface area contributed by atoms with Crippen molar-refractivity contribution in [2.75, 3.05) is 18.5 Å². The zero-order chi connectivity index (χ0) is 14.6. The van der Waals surface area contributed by atoms with E-state index in [1.54, 1.807) is 18.9 Å². The van der Waals surface area contributed by atoms with E-state index in [9.17, 15) is 10.1 Å². The summed E-state index contributed by atoms with van der Waals surface area (Å²) in [5, 5.41) is 20.0. The number of nitriles is 1. The van der Waals surface area contributed by atoms with Crippen LogP contribution in [0, 0.1) is 25.2 Å². The van der Waals surface area contributed by atoms with Gasteiger partial charge in [0.05, 0.1) is 12.2 Å². The molecule has 102 valence electrons. The van der Waals surface area contributed by atoms with Gasteiger partial charge in [-0.25, -0.2) is 0 Å². The van der Waals surface area contributed by atoms with Crippen molar-refractivity contribution < 1.29 is 4.79 Å². The number of hydrogen-bond donors (Lipinski definition) is 1. The van der Waals surface area contributed by atoms with Crippen LogP contribution in [0.25, 0.3) is 0 Å². The molecule has 0 bridgehead atoms. The summed E-state index contributed by atoms with van der Waals surface area (Å²) in [6.45, 7) is 7.57. The van der Waals surface area contributed by atoms with Gasteiger partial charge in [-0.1, -0.05) is 0 Å². The first-order valence-electron chi connectivity index (χ1n) is 6.11. The quantitative estimate of drug-likeness (QED) is 0.871. The molecule has 0 unspecified atom stereocenters. The standard InChI is InChI=1S/C13H19N5O/c1-8(2)15-12(19)7-18(5)13-11(6-14)9(3)10(4)16-17-13/h8H,7H2,1-5H3,(H,15,19). The minimum absolute atomic E-state index is 0.0853. The van der Waals surface area contributed by atoms with E-state index in [0.29, 0.717) is 11.4 Å². The van der Waals surface area contributed by atoms with E-state index in [4.69, 9.17) is 0 Å². The summed E-state index contributed by atoms with van der Waals surface area (Å²) in [5.74, 6) is 0.325. The number of rotatable bonds is 4. The summed E-state index contributed by atoms with van der Waals surface area (Å²) in [7, 11) is 1.72. The molecule has 1 aromatic heterocycles. The molecule has 0 aliphatic carbocycles. The van der Waals surface area contributed by atoms with Crippen LogP contribution in [-0.4, -0.2) is 35.7 Å². The Labute approximate surface area is 113 Å². The predicted molar refractivity (Wildman–Crippen MR) is 72.8 cm³/mol. The molecule has 0 aromatic carbocycles. The highest BCUT2D eigenvalue weighted by molar-refractivity contribution is 5.81. The molecule has 1 amide bonds. The zero-order valence-electron chi connectivity index (χ0n) is 12.0. The topological polar surface area (TPSA) is 81.9 Å². The lowest BCUT2D eigenvalue weighted by Crippen LogP contribution is -2.39. The van der Waals surface area contributed by atoms with Crippen molar-refractivity contribution in [1.29, 1.82) is 5.26 Å². The average Bonchev–Trinajstić information content (AvgIpc) is 2.30. The lowest BCUT2D eigenvalue weighted by Gasteiger charge is -2.20. The van der Waals surface area contributed by atoms with Crippen LogP contribution < -0.4 is 10.2 Å². The van der Waals surface area contributed by atoms with Crippen molar-refractivity contribution in [3.05, 3.63) is 16.8 Å². The van der Waals surface area contributed by atoms with Crippen molar-refractivity contribution in [1.82, 2.24) is 15.5 Å². The lowest BCUT2D eigenvalue weighted by molar-refractivity contribution is -0.120. The van der Waals surface area contributed by atoms with Crippen molar-refractivity contribution in [3.63, 3.8) is 0 Å². The molecule has 1 heterocycles. The molecule has 0 spiro atoms. The Morgan fingerprint density at radius 1 is 1.42 bits per heavy atom. The molecule has 0 saturated heterocycles. The fourth-order valence-corrected chi connectivity index (χ4v) is 1.65. The van der Waals surface area contributed by atoms with E-state index >= 15 is 0 Å². The van der Waals surface area contributed by atoms with Crippen LogP contribution in [-0.2, 0) is 4.79 Å². The van der Waals surface area contributed by atoms with Crippen molar-refractivity contribution in [2.24, 2.45) is 0 Å². The summed E-state index contributed by atoms with van der Waals surface area (Å²) in [4.78, 5) is 13.3. The monoisotopic (exact) mass is 261 g/mol. The van der Waals surface area contributed by atoms with Gasteiger partial charge in [-0.05, 0) is 33.3 Å². The molecule has 1 N–H and O–H groups in total. The molecule has 1 rings (SSSR count). The Morgan fingerprint density at radius 3 is 2.58 bits per heavy atom. The largest absolute Gasteiger partial charge is 0.352 e. The maximum Gasteiger partial charge on any atom is 0.239 e. The molecule has 0 saturated carbocycles. The highest BCUT2D eigenvalue weighted by Crippen LogP contribution is 2.19. The van der Waals surface area contributed by atoms with E-state index in [2.05, 4.69) is 21.6 Å². The van der Waals surface area contributed by atoms with Crippen LogP contribution in [0.3, 0.4) is 0 Å². The summed E-state index contributed by atoms with van der Waals surface area (Å²) in [6.07, 6.45) is 0. The van der Waals surface area contributed by atoms with Crippen LogP contribution in [0.15, 0.2) is 0 Å². The Hall–Kier alpha value is -2.16. The third kappa shape index (κ3) is 3.65. The minimum Gasteiger partial charge on any atom is -0.352 e. The van der Waals surface area contributed by atoms with E-state index in [-0.39, 0.29) is 18.5 Å². The first kappa shape index (κ1) is 14.9. The van der Waals surface area contributed by atoms with Crippen LogP contribution >= 0.6 is 0 Å². The second kappa shape index (κ2) is 6.14. The molecule has 0 atom stereocenters. The van der Waals surface area contributed by atoms with Crippen LogP contribution in [0.4, 0.5) is 5.82 Å². The van der Waals surface area contributed by atoms with Gasteiger partial charge in [0.2, 0.25) is 5.91 Å². The van der Waals surface area contributed by atoms with Crippen LogP contribution in [0.1, 0.15) is 30.7 Å². The zero-order valence-corrected chi connectivity index (χ0v) is 12.0. The Balaban J connectivity index is 2.95. The van der Waals surface area contributed by atoms with Crippen molar-refractivity contribution in [2.45, 2.75) is 33.7 Å². The third-order valence-corrected chi connectivity index (χ3v) is 2.74. The van der Waals surface area contributed by atoms with Gasteiger partial charge in [-0.15, -0.1) is 5.10 Å². The number of aromatic nitrogens is 2. The molecular formula is C13H19N5O. The fraction of sp³-hybridized carbons (Fsp3) is 0.538. The maximum absolute atomic E-state index is 11.7. The van der Waals surface area contributed by atoms with E-state index in [1.807, 2.05) is 20.8 Å². The van der Waals surface area contributed by atoms with Gasteiger partial charge in [0, 0.05) is 13.1 Å².